The molecule has 2 atom stereocenters. The van der Waals surface area contributed by atoms with Gasteiger partial charge >= 0.3 is 0 Å². The van der Waals surface area contributed by atoms with E-state index in [4.69, 9.17) is 4.99 Å². The molecule has 6 nitrogen and oxygen atoms in total. The van der Waals surface area contributed by atoms with Gasteiger partial charge in [0.2, 0.25) is 5.91 Å². The van der Waals surface area contributed by atoms with E-state index >= 15 is 0 Å². The normalized spacial score (nSPS) is 17.4. The van der Waals surface area contributed by atoms with E-state index in [1.54, 1.807) is 6.20 Å². The summed E-state index contributed by atoms with van der Waals surface area (Å²) < 4.78 is 0. The van der Waals surface area contributed by atoms with Crippen molar-refractivity contribution in [2.45, 2.75) is 39.0 Å². The standard InChI is InChI=1S/C23H31N5O/c1-4-25-23(27-15-20(16(2)3)17-8-7-11-24-13-17)26-14-18-12-22(29)28-21-10-6-5-9-19(18)21/h5-11,13,16,18,20H,4,12,14-15H2,1-3H3,(H,28,29)(H2,25,26,27). The minimum Gasteiger partial charge on any atom is -0.357 e. The number of nitrogens with one attached hydrogen (secondary N) is 3. The summed E-state index contributed by atoms with van der Waals surface area (Å²) in [6.07, 6.45) is 4.21. The summed E-state index contributed by atoms with van der Waals surface area (Å²) >= 11 is 0. The Morgan fingerprint density at radius 3 is 2.79 bits per heavy atom. The van der Waals surface area contributed by atoms with E-state index in [0.29, 0.717) is 31.3 Å². The Labute approximate surface area is 173 Å². The summed E-state index contributed by atoms with van der Waals surface area (Å²) in [6, 6.07) is 12.1. The van der Waals surface area contributed by atoms with Gasteiger partial charge in [-0.2, -0.15) is 0 Å². The molecule has 1 aromatic heterocycles. The van der Waals surface area contributed by atoms with Crippen molar-refractivity contribution in [1.82, 2.24) is 15.6 Å². The average molecular weight is 394 g/mol. The number of anilines is 1. The molecule has 2 heterocycles. The zero-order chi connectivity index (χ0) is 20.6. The Bertz CT molecular complexity index is 834. The van der Waals surface area contributed by atoms with Crippen LogP contribution in [0, 0.1) is 5.92 Å². The number of aliphatic imine (C=N–C) groups is 1. The molecule has 6 heteroatoms. The summed E-state index contributed by atoms with van der Waals surface area (Å²) in [6.45, 7) is 8.61. The third-order valence-corrected chi connectivity index (χ3v) is 5.33. The number of aromatic nitrogens is 1. The van der Waals surface area contributed by atoms with E-state index in [1.807, 2.05) is 30.5 Å². The van der Waals surface area contributed by atoms with Gasteiger partial charge < -0.3 is 16.0 Å². The third-order valence-electron chi connectivity index (χ3n) is 5.33. The number of guanidine groups is 1. The Morgan fingerprint density at radius 1 is 1.24 bits per heavy atom. The van der Waals surface area contributed by atoms with Crippen LogP contribution in [0.25, 0.3) is 0 Å². The molecule has 0 spiro atoms. The lowest BCUT2D eigenvalue weighted by atomic mass is 9.89. The highest BCUT2D eigenvalue weighted by Crippen LogP contribution is 2.31. The highest BCUT2D eigenvalue weighted by Gasteiger charge is 2.25. The molecule has 1 amide bonds. The number of amides is 1. The Hall–Kier alpha value is -2.89. The highest BCUT2D eigenvalue weighted by atomic mass is 16.1. The molecule has 154 valence electrons. The summed E-state index contributed by atoms with van der Waals surface area (Å²) in [5.41, 5.74) is 3.29. The predicted molar refractivity (Wildman–Crippen MR) is 118 cm³/mol. The number of carbonyl (C=O) groups excluding carboxylic acids is 1. The molecular formula is C23H31N5O. The molecule has 3 rings (SSSR count). The number of rotatable bonds is 7. The van der Waals surface area contributed by atoms with E-state index in [9.17, 15) is 4.79 Å². The first-order valence-corrected chi connectivity index (χ1v) is 10.4. The molecule has 0 saturated heterocycles. The van der Waals surface area contributed by atoms with Crippen molar-refractivity contribution in [3.8, 4) is 0 Å². The van der Waals surface area contributed by atoms with Crippen LogP contribution in [0.3, 0.4) is 0 Å². The lowest BCUT2D eigenvalue weighted by Crippen LogP contribution is -2.41. The van der Waals surface area contributed by atoms with Crippen LogP contribution in [-0.2, 0) is 4.79 Å². The van der Waals surface area contributed by atoms with E-state index in [2.05, 4.69) is 53.8 Å². The minimum absolute atomic E-state index is 0.0638. The van der Waals surface area contributed by atoms with E-state index < -0.39 is 0 Å². The molecule has 1 aliphatic heterocycles. The summed E-state index contributed by atoms with van der Waals surface area (Å²) in [7, 11) is 0. The second-order valence-corrected chi connectivity index (χ2v) is 7.77. The second-order valence-electron chi connectivity index (χ2n) is 7.77. The first-order chi connectivity index (χ1) is 14.1. The number of hydrogen-bond acceptors (Lipinski definition) is 3. The zero-order valence-electron chi connectivity index (χ0n) is 17.5. The average Bonchev–Trinajstić information content (AvgIpc) is 2.72. The molecule has 0 aliphatic carbocycles. The van der Waals surface area contributed by atoms with Crippen molar-refractivity contribution in [3.63, 3.8) is 0 Å². The minimum atomic E-state index is 0.0638. The van der Waals surface area contributed by atoms with E-state index in [1.165, 1.54) is 11.1 Å². The number of carbonyl (C=O) groups is 1. The molecule has 2 unspecified atom stereocenters. The van der Waals surface area contributed by atoms with Crippen LogP contribution in [-0.4, -0.2) is 36.5 Å². The largest absolute Gasteiger partial charge is 0.357 e. The lowest BCUT2D eigenvalue weighted by Gasteiger charge is -2.26. The van der Waals surface area contributed by atoms with Crippen molar-refractivity contribution in [2.75, 3.05) is 25.0 Å². The molecule has 1 aliphatic rings. The van der Waals surface area contributed by atoms with Gasteiger partial charge in [-0.1, -0.05) is 38.1 Å². The molecule has 0 fully saturated rings. The number of nitrogens with zero attached hydrogens (tertiary/aromatic N) is 2. The molecule has 3 N–H and O–H groups in total. The molecule has 2 aromatic rings. The number of pyridine rings is 1. The summed E-state index contributed by atoms with van der Waals surface area (Å²) in [5.74, 6) is 1.74. The fraction of sp³-hybridized carbons (Fsp3) is 0.435. The molecule has 29 heavy (non-hydrogen) atoms. The maximum atomic E-state index is 12.1. The van der Waals surface area contributed by atoms with Gasteiger partial charge in [-0.25, -0.2) is 0 Å². The SMILES string of the molecule is CCNC(=NCC(c1cccnc1)C(C)C)NCC1CC(=O)Nc2ccccc21. The summed E-state index contributed by atoms with van der Waals surface area (Å²) in [5, 5.41) is 9.72. The van der Waals surface area contributed by atoms with Gasteiger partial charge in [0.15, 0.2) is 5.96 Å². The Morgan fingerprint density at radius 2 is 2.07 bits per heavy atom. The van der Waals surface area contributed by atoms with Gasteiger partial charge in [0, 0.05) is 56.0 Å². The van der Waals surface area contributed by atoms with Crippen LogP contribution in [0.15, 0.2) is 53.8 Å². The number of benzene rings is 1. The van der Waals surface area contributed by atoms with Crippen LogP contribution in [0.1, 0.15) is 50.2 Å². The smallest absolute Gasteiger partial charge is 0.225 e. The van der Waals surface area contributed by atoms with E-state index in [-0.39, 0.29) is 11.8 Å². The van der Waals surface area contributed by atoms with Gasteiger partial charge in [-0.3, -0.25) is 14.8 Å². The lowest BCUT2D eigenvalue weighted by molar-refractivity contribution is -0.116. The van der Waals surface area contributed by atoms with E-state index in [0.717, 1.165) is 18.2 Å². The molecule has 1 aromatic carbocycles. The quantitative estimate of drug-likeness (QED) is 0.497. The van der Waals surface area contributed by atoms with Crippen LogP contribution in [0.2, 0.25) is 0 Å². The van der Waals surface area contributed by atoms with Crippen molar-refractivity contribution in [1.29, 1.82) is 0 Å². The fourth-order valence-corrected chi connectivity index (χ4v) is 3.73. The van der Waals surface area contributed by atoms with Crippen molar-refractivity contribution >= 4 is 17.6 Å². The Balaban J connectivity index is 1.69. The van der Waals surface area contributed by atoms with Gasteiger partial charge in [0.05, 0.1) is 0 Å². The molecule has 0 saturated carbocycles. The first kappa shape index (κ1) is 20.8. The van der Waals surface area contributed by atoms with Gasteiger partial charge in [-0.15, -0.1) is 0 Å². The number of para-hydroxylation sites is 1. The van der Waals surface area contributed by atoms with Crippen LogP contribution in [0.5, 0.6) is 0 Å². The monoisotopic (exact) mass is 393 g/mol. The number of hydrogen-bond donors (Lipinski definition) is 3. The Kier molecular flexibility index (Phi) is 7.22. The second kappa shape index (κ2) is 10.0. The van der Waals surface area contributed by atoms with Crippen molar-refractivity contribution in [2.24, 2.45) is 10.9 Å². The van der Waals surface area contributed by atoms with Crippen LogP contribution >= 0.6 is 0 Å². The highest BCUT2D eigenvalue weighted by molar-refractivity contribution is 5.94. The first-order valence-electron chi connectivity index (χ1n) is 10.4. The zero-order valence-corrected chi connectivity index (χ0v) is 17.5. The van der Waals surface area contributed by atoms with Gasteiger partial charge in [0.25, 0.3) is 0 Å². The van der Waals surface area contributed by atoms with Gasteiger partial charge in [0.1, 0.15) is 0 Å². The van der Waals surface area contributed by atoms with Crippen LogP contribution in [0.4, 0.5) is 5.69 Å². The van der Waals surface area contributed by atoms with Crippen molar-refractivity contribution < 1.29 is 4.79 Å². The fourth-order valence-electron chi connectivity index (χ4n) is 3.73. The maximum absolute atomic E-state index is 12.1. The predicted octanol–water partition coefficient (Wildman–Crippen LogP) is 3.50. The molecule has 0 bridgehead atoms. The molecule has 0 radical (unpaired) electrons. The summed E-state index contributed by atoms with van der Waals surface area (Å²) in [4.78, 5) is 21.2. The number of fused-ring (bicyclic) bond motifs is 1. The van der Waals surface area contributed by atoms with Crippen molar-refractivity contribution in [3.05, 3.63) is 59.9 Å². The van der Waals surface area contributed by atoms with Crippen LogP contribution < -0.4 is 16.0 Å². The topological polar surface area (TPSA) is 78.4 Å². The third kappa shape index (κ3) is 5.56. The van der Waals surface area contributed by atoms with Gasteiger partial charge in [-0.05, 0) is 36.1 Å². The molecular weight excluding hydrogens is 362 g/mol. The maximum Gasteiger partial charge on any atom is 0.225 e.